The Labute approximate surface area is 149 Å². The van der Waals surface area contributed by atoms with Crippen LogP contribution in [0.25, 0.3) is 0 Å². The fourth-order valence-electron chi connectivity index (χ4n) is 2.20. The van der Waals surface area contributed by atoms with E-state index >= 15 is 0 Å². The Hall–Kier alpha value is -2.93. The third kappa shape index (κ3) is 4.33. The highest BCUT2D eigenvalue weighted by atomic mass is 35.5. The van der Waals surface area contributed by atoms with Crippen LogP contribution in [0.2, 0.25) is 5.02 Å². The van der Waals surface area contributed by atoms with E-state index < -0.39 is 0 Å². The number of methoxy groups -OCH3 is 1. The first-order chi connectivity index (χ1) is 12.2. The molecule has 7 nitrogen and oxygen atoms in total. The van der Waals surface area contributed by atoms with Gasteiger partial charge in [-0.3, -0.25) is 4.79 Å². The Bertz CT molecular complexity index is 810. The molecule has 0 unspecified atom stereocenters. The Morgan fingerprint density at radius 1 is 1.36 bits per heavy atom. The summed E-state index contributed by atoms with van der Waals surface area (Å²) in [5.41, 5.74) is 3.91. The first kappa shape index (κ1) is 16.9. The predicted octanol–water partition coefficient (Wildman–Crippen LogP) is 2.64. The van der Waals surface area contributed by atoms with Gasteiger partial charge in [-0.05, 0) is 29.8 Å². The summed E-state index contributed by atoms with van der Waals surface area (Å²) in [6.07, 6.45) is 1.48. The molecule has 1 aliphatic rings. The van der Waals surface area contributed by atoms with Gasteiger partial charge in [0.2, 0.25) is 6.79 Å². The molecular weight excluding hydrogens is 346 g/mol. The Morgan fingerprint density at radius 3 is 3.08 bits per heavy atom. The molecule has 1 aliphatic heterocycles. The third-order valence-corrected chi connectivity index (χ3v) is 3.66. The van der Waals surface area contributed by atoms with E-state index in [-0.39, 0.29) is 19.2 Å². The van der Waals surface area contributed by atoms with Crippen molar-refractivity contribution in [3.8, 4) is 17.2 Å². The lowest BCUT2D eigenvalue weighted by atomic mass is 10.2. The van der Waals surface area contributed by atoms with Crippen molar-refractivity contribution in [3.05, 3.63) is 47.0 Å². The van der Waals surface area contributed by atoms with Gasteiger partial charge >= 0.3 is 0 Å². The fraction of sp³-hybridized carbons (Fsp3) is 0.176. The van der Waals surface area contributed by atoms with Crippen LogP contribution in [-0.2, 0) is 4.79 Å². The molecule has 0 aliphatic carbocycles. The van der Waals surface area contributed by atoms with Crippen molar-refractivity contribution in [2.24, 2.45) is 5.10 Å². The number of carbonyl (C=O) groups is 1. The number of hydrazone groups is 1. The van der Waals surface area contributed by atoms with Crippen molar-refractivity contribution >= 4 is 29.4 Å². The van der Waals surface area contributed by atoms with Crippen LogP contribution >= 0.6 is 11.6 Å². The molecule has 0 radical (unpaired) electrons. The second kappa shape index (κ2) is 7.76. The highest BCUT2D eigenvalue weighted by molar-refractivity contribution is 6.32. The van der Waals surface area contributed by atoms with Gasteiger partial charge in [0.05, 0.1) is 24.9 Å². The summed E-state index contributed by atoms with van der Waals surface area (Å²) in [7, 11) is 1.59. The fourth-order valence-corrected chi connectivity index (χ4v) is 2.47. The lowest BCUT2D eigenvalue weighted by Gasteiger charge is -2.07. The van der Waals surface area contributed by atoms with E-state index in [0.29, 0.717) is 27.8 Å². The molecule has 0 atom stereocenters. The van der Waals surface area contributed by atoms with Crippen LogP contribution in [0.4, 0.5) is 5.69 Å². The van der Waals surface area contributed by atoms with Crippen molar-refractivity contribution in [3.63, 3.8) is 0 Å². The molecule has 0 fully saturated rings. The molecule has 8 heteroatoms. The normalized spacial score (nSPS) is 12.2. The smallest absolute Gasteiger partial charge is 0.259 e. The molecule has 0 spiro atoms. The molecular formula is C17H16ClN3O4. The van der Waals surface area contributed by atoms with E-state index in [9.17, 15) is 4.79 Å². The van der Waals surface area contributed by atoms with Crippen LogP contribution in [0.15, 0.2) is 41.5 Å². The van der Waals surface area contributed by atoms with E-state index in [1.54, 1.807) is 25.3 Å². The van der Waals surface area contributed by atoms with Crippen LogP contribution in [0, 0.1) is 0 Å². The molecule has 0 saturated heterocycles. The maximum Gasteiger partial charge on any atom is 0.259 e. The molecule has 2 aromatic carbocycles. The number of hydrogen-bond acceptors (Lipinski definition) is 6. The summed E-state index contributed by atoms with van der Waals surface area (Å²) in [6, 6.07) is 10.7. The first-order valence-corrected chi connectivity index (χ1v) is 7.82. The summed E-state index contributed by atoms with van der Waals surface area (Å²) < 4.78 is 15.6. The summed E-state index contributed by atoms with van der Waals surface area (Å²) >= 11 is 6.08. The molecule has 1 amide bonds. The lowest BCUT2D eigenvalue weighted by molar-refractivity contribution is -0.119. The third-order valence-electron chi connectivity index (χ3n) is 3.38. The number of nitrogens with zero attached hydrogens (tertiary/aromatic N) is 1. The van der Waals surface area contributed by atoms with Gasteiger partial charge in [-0.2, -0.15) is 5.10 Å². The minimum absolute atomic E-state index is 0.0758. The highest BCUT2D eigenvalue weighted by Crippen LogP contribution is 2.39. The van der Waals surface area contributed by atoms with Crippen LogP contribution in [0.3, 0.4) is 0 Å². The molecule has 0 bridgehead atoms. The molecule has 0 aromatic heterocycles. The van der Waals surface area contributed by atoms with Crippen molar-refractivity contribution in [2.75, 3.05) is 25.8 Å². The highest BCUT2D eigenvalue weighted by Gasteiger charge is 2.17. The van der Waals surface area contributed by atoms with Gasteiger partial charge in [-0.1, -0.05) is 17.7 Å². The van der Waals surface area contributed by atoms with Crippen LogP contribution in [0.1, 0.15) is 5.56 Å². The number of halogens is 1. The predicted molar refractivity (Wildman–Crippen MR) is 94.8 cm³/mol. The van der Waals surface area contributed by atoms with Crippen molar-refractivity contribution in [1.29, 1.82) is 0 Å². The SMILES string of the molecule is COc1cccc(NCC(=O)N/N=C\c2cc(Cl)c3c(c2)OCO3)c1. The number of anilines is 1. The van der Waals surface area contributed by atoms with E-state index in [4.69, 9.17) is 25.8 Å². The first-order valence-electron chi connectivity index (χ1n) is 7.44. The number of fused-ring (bicyclic) bond motifs is 1. The summed E-state index contributed by atoms with van der Waals surface area (Å²) in [4.78, 5) is 11.8. The number of rotatable bonds is 6. The molecule has 2 N–H and O–H groups in total. The van der Waals surface area contributed by atoms with Gasteiger partial charge in [-0.15, -0.1) is 0 Å². The van der Waals surface area contributed by atoms with Gasteiger partial charge in [-0.25, -0.2) is 5.43 Å². The molecule has 2 aromatic rings. The average Bonchev–Trinajstić information content (AvgIpc) is 3.09. The zero-order chi connectivity index (χ0) is 17.6. The average molecular weight is 362 g/mol. The summed E-state index contributed by atoms with van der Waals surface area (Å²) in [5.74, 6) is 1.50. The molecule has 0 saturated carbocycles. The molecule has 1 heterocycles. The van der Waals surface area contributed by atoms with Gasteiger partial charge < -0.3 is 19.5 Å². The minimum Gasteiger partial charge on any atom is -0.497 e. The van der Waals surface area contributed by atoms with Crippen molar-refractivity contribution < 1.29 is 19.0 Å². The number of ether oxygens (including phenoxy) is 3. The Balaban J connectivity index is 1.52. The van der Waals surface area contributed by atoms with E-state index in [2.05, 4.69) is 15.8 Å². The quantitative estimate of drug-likeness (QED) is 0.610. The standard InChI is InChI=1S/C17H16ClN3O4/c1-23-13-4-2-3-12(7-13)19-9-16(22)21-20-8-11-5-14(18)17-15(6-11)24-10-25-17/h2-8,19H,9-10H2,1H3,(H,21,22)/b20-8-. The number of hydrogen-bond donors (Lipinski definition) is 2. The monoisotopic (exact) mass is 361 g/mol. The summed E-state index contributed by atoms with van der Waals surface area (Å²) in [6.45, 7) is 0.217. The zero-order valence-electron chi connectivity index (χ0n) is 13.4. The minimum atomic E-state index is -0.286. The van der Waals surface area contributed by atoms with E-state index in [1.807, 2.05) is 18.2 Å². The van der Waals surface area contributed by atoms with Crippen LogP contribution in [-0.4, -0.2) is 32.6 Å². The molecule has 25 heavy (non-hydrogen) atoms. The van der Waals surface area contributed by atoms with Crippen molar-refractivity contribution in [2.45, 2.75) is 0 Å². The number of amides is 1. The number of carbonyl (C=O) groups excluding carboxylic acids is 1. The van der Waals surface area contributed by atoms with Gasteiger partial charge in [0.1, 0.15) is 5.75 Å². The van der Waals surface area contributed by atoms with Gasteiger partial charge in [0.25, 0.3) is 5.91 Å². The van der Waals surface area contributed by atoms with Gasteiger partial charge in [0, 0.05) is 11.8 Å². The number of nitrogens with one attached hydrogen (secondary N) is 2. The molecule has 130 valence electrons. The second-order valence-electron chi connectivity index (χ2n) is 5.12. The Morgan fingerprint density at radius 2 is 2.24 bits per heavy atom. The molecule has 3 rings (SSSR count). The van der Waals surface area contributed by atoms with E-state index in [0.717, 1.165) is 5.69 Å². The lowest BCUT2D eigenvalue weighted by Crippen LogP contribution is -2.25. The zero-order valence-corrected chi connectivity index (χ0v) is 14.2. The summed E-state index contributed by atoms with van der Waals surface area (Å²) in [5, 5.41) is 7.33. The van der Waals surface area contributed by atoms with Crippen molar-refractivity contribution in [1.82, 2.24) is 5.43 Å². The Kier molecular flexibility index (Phi) is 5.25. The van der Waals surface area contributed by atoms with Crippen LogP contribution < -0.4 is 25.0 Å². The maximum absolute atomic E-state index is 11.8. The van der Waals surface area contributed by atoms with E-state index in [1.165, 1.54) is 6.21 Å². The van der Waals surface area contributed by atoms with Gasteiger partial charge in [0.15, 0.2) is 11.5 Å². The second-order valence-corrected chi connectivity index (χ2v) is 5.52. The maximum atomic E-state index is 11.8. The largest absolute Gasteiger partial charge is 0.497 e. The number of benzene rings is 2. The van der Waals surface area contributed by atoms with Crippen LogP contribution in [0.5, 0.6) is 17.2 Å². The topological polar surface area (TPSA) is 81.2 Å².